The summed E-state index contributed by atoms with van der Waals surface area (Å²) in [5, 5.41) is 7.51. The monoisotopic (exact) mass is 402 g/mol. The number of nitrogens with zero attached hydrogens (tertiary/aromatic N) is 3. The molecule has 2 heterocycles. The minimum Gasteiger partial charge on any atom is -0.352 e. The van der Waals surface area contributed by atoms with Gasteiger partial charge in [0.1, 0.15) is 0 Å². The molecule has 0 saturated carbocycles. The van der Waals surface area contributed by atoms with E-state index in [1.807, 2.05) is 47.4 Å². The van der Waals surface area contributed by atoms with Gasteiger partial charge in [0.15, 0.2) is 0 Å². The number of aryl methyl sites for hydroxylation is 1. The highest BCUT2D eigenvalue weighted by Crippen LogP contribution is 2.16. The Labute approximate surface area is 178 Å². The van der Waals surface area contributed by atoms with Crippen molar-refractivity contribution in [1.82, 2.24) is 20.0 Å². The molecule has 0 aliphatic carbocycles. The van der Waals surface area contributed by atoms with Gasteiger partial charge in [-0.1, -0.05) is 48.9 Å². The molecule has 30 heavy (non-hydrogen) atoms. The lowest BCUT2D eigenvalue weighted by molar-refractivity contribution is -0.121. The van der Waals surface area contributed by atoms with Crippen LogP contribution in [0.1, 0.15) is 42.4 Å². The Kier molecular flexibility index (Phi) is 6.93. The summed E-state index contributed by atoms with van der Waals surface area (Å²) in [6.45, 7) is 3.92. The van der Waals surface area contributed by atoms with Gasteiger partial charge in [0, 0.05) is 25.7 Å². The minimum absolute atomic E-state index is 0.0789. The van der Waals surface area contributed by atoms with Crippen molar-refractivity contribution in [3.05, 3.63) is 83.7 Å². The number of carbonyl (C=O) groups excluding carboxylic acids is 1. The van der Waals surface area contributed by atoms with Crippen LogP contribution < -0.4 is 5.32 Å². The molecule has 3 aromatic rings. The van der Waals surface area contributed by atoms with Crippen molar-refractivity contribution < 1.29 is 4.79 Å². The molecule has 0 unspecified atom stereocenters. The number of amides is 1. The molecule has 1 amide bonds. The van der Waals surface area contributed by atoms with Gasteiger partial charge in [-0.15, -0.1) is 0 Å². The first-order valence-corrected chi connectivity index (χ1v) is 10.9. The second kappa shape index (κ2) is 10.2. The summed E-state index contributed by atoms with van der Waals surface area (Å²) < 4.78 is 1.85. The number of likely N-dealkylation sites (tertiary alicyclic amines) is 1. The fourth-order valence-electron chi connectivity index (χ4n) is 3.99. The number of hydrogen-bond donors (Lipinski definition) is 1. The predicted octanol–water partition coefficient (Wildman–Crippen LogP) is 4.11. The average molecular weight is 403 g/mol. The molecule has 2 aromatic carbocycles. The van der Waals surface area contributed by atoms with Crippen molar-refractivity contribution in [3.63, 3.8) is 0 Å². The van der Waals surface area contributed by atoms with Gasteiger partial charge in [-0.25, -0.2) is 4.68 Å². The Balaban J connectivity index is 1.27. The summed E-state index contributed by atoms with van der Waals surface area (Å²) in [6, 6.07) is 18.5. The fourth-order valence-corrected chi connectivity index (χ4v) is 3.99. The van der Waals surface area contributed by atoms with Crippen LogP contribution in [-0.2, 0) is 24.3 Å². The zero-order valence-electron chi connectivity index (χ0n) is 17.5. The molecule has 4 rings (SSSR count). The maximum atomic E-state index is 12.4. The van der Waals surface area contributed by atoms with Crippen molar-refractivity contribution in [2.75, 3.05) is 13.1 Å². The first kappa shape index (κ1) is 20.4. The third-order valence-electron chi connectivity index (χ3n) is 5.73. The van der Waals surface area contributed by atoms with E-state index in [0.29, 0.717) is 19.4 Å². The van der Waals surface area contributed by atoms with Crippen molar-refractivity contribution in [1.29, 1.82) is 0 Å². The van der Waals surface area contributed by atoms with E-state index in [1.165, 1.54) is 43.5 Å². The highest BCUT2D eigenvalue weighted by Gasteiger charge is 2.13. The van der Waals surface area contributed by atoms with E-state index in [0.717, 1.165) is 17.8 Å². The lowest BCUT2D eigenvalue weighted by Crippen LogP contribution is -2.30. The van der Waals surface area contributed by atoms with Gasteiger partial charge in [-0.3, -0.25) is 9.69 Å². The van der Waals surface area contributed by atoms with Crippen LogP contribution >= 0.6 is 0 Å². The van der Waals surface area contributed by atoms with Crippen molar-refractivity contribution in [3.8, 4) is 5.69 Å². The maximum Gasteiger partial charge on any atom is 0.220 e. The van der Waals surface area contributed by atoms with Gasteiger partial charge in [0.2, 0.25) is 5.91 Å². The SMILES string of the molecule is O=C(CCc1cnn(-c2ccccc2)c1)NCc1ccccc1CN1CCCCC1. The maximum absolute atomic E-state index is 12.4. The normalized spacial score (nSPS) is 14.5. The van der Waals surface area contributed by atoms with E-state index in [9.17, 15) is 4.79 Å². The Morgan fingerprint density at radius 3 is 2.47 bits per heavy atom. The molecule has 1 fully saturated rings. The standard InChI is InChI=1S/C25H30N4O/c30-25(14-13-21-17-27-29(19-21)24-11-3-1-4-12-24)26-18-22-9-5-6-10-23(22)20-28-15-7-2-8-16-28/h1,3-6,9-12,17,19H,2,7-8,13-16,18,20H2,(H,26,30). The van der Waals surface area contributed by atoms with E-state index in [4.69, 9.17) is 0 Å². The lowest BCUT2D eigenvalue weighted by Gasteiger charge is -2.27. The van der Waals surface area contributed by atoms with Crippen LogP contribution in [0.2, 0.25) is 0 Å². The highest BCUT2D eigenvalue weighted by molar-refractivity contribution is 5.76. The van der Waals surface area contributed by atoms with Crippen LogP contribution in [0.15, 0.2) is 67.0 Å². The number of piperidine rings is 1. The van der Waals surface area contributed by atoms with Crippen molar-refractivity contribution in [2.24, 2.45) is 0 Å². The Morgan fingerprint density at radius 1 is 0.933 bits per heavy atom. The van der Waals surface area contributed by atoms with Crippen LogP contribution in [0.25, 0.3) is 5.69 Å². The molecule has 0 spiro atoms. The lowest BCUT2D eigenvalue weighted by atomic mass is 10.0. The second-order valence-electron chi connectivity index (χ2n) is 8.01. The number of nitrogens with one attached hydrogen (secondary N) is 1. The van der Waals surface area contributed by atoms with Crippen LogP contribution in [0, 0.1) is 0 Å². The Hall–Kier alpha value is -2.92. The molecular weight excluding hydrogens is 372 g/mol. The quantitative estimate of drug-likeness (QED) is 0.617. The van der Waals surface area contributed by atoms with Gasteiger partial charge in [0.05, 0.1) is 11.9 Å². The first-order valence-electron chi connectivity index (χ1n) is 10.9. The average Bonchev–Trinajstić information content (AvgIpc) is 3.28. The number of hydrogen-bond acceptors (Lipinski definition) is 3. The number of para-hydroxylation sites is 1. The minimum atomic E-state index is 0.0789. The number of carbonyl (C=O) groups is 1. The Bertz CT molecular complexity index is 945. The van der Waals surface area contributed by atoms with Gasteiger partial charge in [-0.2, -0.15) is 5.10 Å². The molecule has 1 aromatic heterocycles. The molecule has 0 bridgehead atoms. The van der Waals surface area contributed by atoms with Crippen LogP contribution in [0.4, 0.5) is 0 Å². The molecule has 0 atom stereocenters. The zero-order valence-corrected chi connectivity index (χ0v) is 17.5. The largest absolute Gasteiger partial charge is 0.352 e. The van der Waals surface area contributed by atoms with E-state index in [2.05, 4.69) is 39.6 Å². The molecule has 1 aliphatic rings. The molecule has 1 aliphatic heterocycles. The highest BCUT2D eigenvalue weighted by atomic mass is 16.1. The van der Waals surface area contributed by atoms with Gasteiger partial charge in [-0.05, 0) is 61.2 Å². The van der Waals surface area contributed by atoms with Crippen molar-refractivity contribution in [2.45, 2.75) is 45.2 Å². The van der Waals surface area contributed by atoms with Crippen molar-refractivity contribution >= 4 is 5.91 Å². The third-order valence-corrected chi connectivity index (χ3v) is 5.73. The van der Waals surface area contributed by atoms with E-state index in [1.54, 1.807) is 0 Å². The molecular formula is C25H30N4O. The number of aromatic nitrogens is 2. The van der Waals surface area contributed by atoms with E-state index in [-0.39, 0.29) is 5.91 Å². The van der Waals surface area contributed by atoms with Gasteiger partial charge in [0.25, 0.3) is 0 Å². The predicted molar refractivity (Wildman–Crippen MR) is 119 cm³/mol. The summed E-state index contributed by atoms with van der Waals surface area (Å²) in [6.07, 6.45) is 8.92. The van der Waals surface area contributed by atoms with E-state index < -0.39 is 0 Å². The van der Waals surface area contributed by atoms with E-state index >= 15 is 0 Å². The number of benzene rings is 2. The zero-order chi connectivity index (χ0) is 20.6. The van der Waals surface area contributed by atoms with Gasteiger partial charge >= 0.3 is 0 Å². The van der Waals surface area contributed by atoms with Crippen LogP contribution in [-0.4, -0.2) is 33.7 Å². The summed E-state index contributed by atoms with van der Waals surface area (Å²) in [5.74, 6) is 0.0789. The summed E-state index contributed by atoms with van der Waals surface area (Å²) >= 11 is 0. The molecule has 5 heteroatoms. The molecule has 1 N–H and O–H groups in total. The van der Waals surface area contributed by atoms with Crippen LogP contribution in [0.5, 0.6) is 0 Å². The second-order valence-corrected chi connectivity index (χ2v) is 8.01. The third kappa shape index (κ3) is 5.57. The smallest absolute Gasteiger partial charge is 0.220 e. The summed E-state index contributed by atoms with van der Waals surface area (Å²) in [4.78, 5) is 14.9. The Morgan fingerprint density at radius 2 is 1.67 bits per heavy atom. The molecule has 1 saturated heterocycles. The number of rotatable bonds is 8. The summed E-state index contributed by atoms with van der Waals surface area (Å²) in [7, 11) is 0. The fraction of sp³-hybridized carbons (Fsp3) is 0.360. The topological polar surface area (TPSA) is 50.2 Å². The van der Waals surface area contributed by atoms with Crippen LogP contribution in [0.3, 0.4) is 0 Å². The van der Waals surface area contributed by atoms with Gasteiger partial charge < -0.3 is 5.32 Å². The molecule has 5 nitrogen and oxygen atoms in total. The molecule has 156 valence electrons. The summed E-state index contributed by atoms with van der Waals surface area (Å²) in [5.41, 5.74) is 4.63. The first-order chi connectivity index (χ1) is 14.8. The molecule has 0 radical (unpaired) electrons.